The number of nitrogens with one attached hydrogen (secondary N) is 1. The summed E-state index contributed by atoms with van der Waals surface area (Å²) in [7, 11) is 0. The van der Waals surface area contributed by atoms with Gasteiger partial charge in [0.25, 0.3) is 0 Å². The Balaban J connectivity index is 1.35. The van der Waals surface area contributed by atoms with Crippen LogP contribution in [0.5, 0.6) is 23.0 Å². The van der Waals surface area contributed by atoms with Crippen molar-refractivity contribution in [3.63, 3.8) is 0 Å². The van der Waals surface area contributed by atoms with Crippen molar-refractivity contribution in [2.24, 2.45) is 0 Å². The molecule has 11 nitrogen and oxygen atoms in total. The Morgan fingerprint density at radius 1 is 1.07 bits per heavy atom. The van der Waals surface area contributed by atoms with Gasteiger partial charge in [-0.3, -0.25) is 20.1 Å². The number of nitriles is 1. The van der Waals surface area contributed by atoms with E-state index in [4.69, 9.17) is 18.9 Å². The van der Waals surface area contributed by atoms with Gasteiger partial charge < -0.3 is 29.2 Å². The molecular formula is C33H32N4O7. The third-order valence-electron chi connectivity index (χ3n) is 7.35. The van der Waals surface area contributed by atoms with E-state index in [0.717, 1.165) is 28.1 Å². The van der Waals surface area contributed by atoms with Crippen molar-refractivity contribution in [3.8, 4) is 40.2 Å². The van der Waals surface area contributed by atoms with Crippen LogP contribution < -0.4 is 24.3 Å². The lowest BCUT2D eigenvalue weighted by atomic mass is 10.00. The number of aliphatic hydroxyl groups is 1. The van der Waals surface area contributed by atoms with E-state index in [2.05, 4.69) is 21.4 Å². The zero-order chi connectivity index (χ0) is 31.1. The Bertz CT molecular complexity index is 1700. The van der Waals surface area contributed by atoms with Crippen LogP contribution in [0.4, 0.5) is 0 Å². The zero-order valence-electron chi connectivity index (χ0n) is 24.4. The molecule has 226 valence electrons. The topological polar surface area (TPSA) is 156 Å². The van der Waals surface area contributed by atoms with Crippen LogP contribution in [0, 0.1) is 18.3 Å². The number of aromatic nitrogens is 2. The first-order valence-electron chi connectivity index (χ1n) is 14.0. The molecule has 5 rings (SSSR count). The number of aliphatic carboxylic acids is 1. The molecule has 0 radical (unpaired) electrons. The molecule has 1 unspecified atom stereocenters. The second kappa shape index (κ2) is 13.4. The lowest BCUT2D eigenvalue weighted by Crippen LogP contribution is -2.52. The van der Waals surface area contributed by atoms with Crippen LogP contribution in [-0.4, -0.2) is 51.5 Å². The maximum atomic E-state index is 11.7. The molecule has 0 saturated carbocycles. The quantitative estimate of drug-likeness (QED) is 0.216. The number of ether oxygens (including phenoxy) is 4. The number of hydrogen-bond donors (Lipinski definition) is 3. The van der Waals surface area contributed by atoms with Gasteiger partial charge in [0.05, 0.1) is 17.9 Å². The Kier molecular flexibility index (Phi) is 9.23. The Morgan fingerprint density at radius 3 is 2.66 bits per heavy atom. The monoisotopic (exact) mass is 596 g/mol. The fraction of sp³-hybridized carbons (Fsp3) is 0.273. The van der Waals surface area contributed by atoms with Gasteiger partial charge >= 0.3 is 5.97 Å². The van der Waals surface area contributed by atoms with Crippen molar-refractivity contribution in [1.82, 2.24) is 15.3 Å². The second-order valence-electron chi connectivity index (χ2n) is 10.5. The highest BCUT2D eigenvalue weighted by Crippen LogP contribution is 2.36. The summed E-state index contributed by atoms with van der Waals surface area (Å²) in [6.07, 6.45) is 4.81. The molecule has 1 atom stereocenters. The van der Waals surface area contributed by atoms with Crippen molar-refractivity contribution in [2.45, 2.75) is 39.1 Å². The molecule has 11 heteroatoms. The van der Waals surface area contributed by atoms with E-state index in [1.54, 1.807) is 36.7 Å². The molecule has 2 aromatic carbocycles. The number of carboxylic acid groups (broad SMARTS) is 1. The predicted molar refractivity (Wildman–Crippen MR) is 159 cm³/mol. The molecule has 0 saturated heterocycles. The number of hydrogen-bond acceptors (Lipinski definition) is 10. The van der Waals surface area contributed by atoms with Crippen molar-refractivity contribution in [1.29, 1.82) is 5.26 Å². The summed E-state index contributed by atoms with van der Waals surface area (Å²) in [5.41, 5.74) is 3.91. The summed E-state index contributed by atoms with van der Waals surface area (Å²) in [4.78, 5) is 20.3. The third-order valence-corrected chi connectivity index (χ3v) is 7.35. The molecule has 0 bridgehead atoms. The summed E-state index contributed by atoms with van der Waals surface area (Å²) in [6.45, 7) is 4.26. The van der Waals surface area contributed by atoms with E-state index in [0.29, 0.717) is 47.2 Å². The molecule has 1 aliphatic rings. The van der Waals surface area contributed by atoms with Crippen molar-refractivity contribution in [2.75, 3.05) is 19.8 Å². The van der Waals surface area contributed by atoms with Gasteiger partial charge in [0, 0.05) is 42.3 Å². The van der Waals surface area contributed by atoms with Gasteiger partial charge in [-0.2, -0.15) is 5.26 Å². The van der Waals surface area contributed by atoms with Gasteiger partial charge in [-0.25, -0.2) is 0 Å². The first-order chi connectivity index (χ1) is 21.3. The van der Waals surface area contributed by atoms with Gasteiger partial charge in [-0.15, -0.1) is 0 Å². The zero-order valence-corrected chi connectivity index (χ0v) is 24.4. The Labute approximate surface area is 254 Å². The number of pyridine rings is 2. The van der Waals surface area contributed by atoms with Crippen molar-refractivity contribution >= 4 is 5.97 Å². The minimum absolute atomic E-state index is 0.105. The highest BCUT2D eigenvalue weighted by molar-refractivity contribution is 5.78. The Morgan fingerprint density at radius 2 is 1.89 bits per heavy atom. The SMILES string of the molecule is Cc1c(-c2ccc3c(c2)OCCO3)ccnc1COc1ccc(CNC(C)(CO)C(=O)O)c(OCc2cncc(C#N)c2)c1. The number of rotatable bonds is 12. The minimum Gasteiger partial charge on any atom is -0.488 e. The molecule has 0 fully saturated rings. The lowest BCUT2D eigenvalue weighted by Gasteiger charge is -2.24. The molecule has 0 aliphatic carbocycles. The molecule has 4 aromatic rings. The predicted octanol–water partition coefficient (Wildman–Crippen LogP) is 4.18. The van der Waals surface area contributed by atoms with Crippen LogP contribution in [0.15, 0.2) is 67.1 Å². The van der Waals surface area contributed by atoms with Crippen LogP contribution in [0.1, 0.15) is 34.9 Å². The summed E-state index contributed by atoms with van der Waals surface area (Å²) >= 11 is 0. The van der Waals surface area contributed by atoms with Crippen molar-refractivity contribution in [3.05, 3.63) is 95.1 Å². The van der Waals surface area contributed by atoms with Gasteiger partial charge in [-0.05, 0) is 60.9 Å². The standard InChI is InChI=1S/C33H32N4O7/c1-21-27(24-4-6-29-31(12-24)42-10-9-41-29)7-8-36-28(21)19-43-26-5-3-25(17-37-33(2,20-38)32(39)40)30(13-26)44-18-23-11-22(14-34)15-35-16-23/h3-8,11-13,15-16,37-38H,9-10,17-20H2,1-2H3,(H,39,40). The summed E-state index contributed by atoms with van der Waals surface area (Å²) < 4.78 is 23.7. The van der Waals surface area contributed by atoms with Gasteiger partial charge in [0.1, 0.15) is 49.5 Å². The van der Waals surface area contributed by atoms with Crippen LogP contribution >= 0.6 is 0 Å². The number of nitrogens with zero attached hydrogens (tertiary/aromatic N) is 3. The second-order valence-corrected chi connectivity index (χ2v) is 10.5. The normalized spacial score (nSPS) is 13.4. The minimum atomic E-state index is -1.54. The smallest absolute Gasteiger partial charge is 0.326 e. The largest absolute Gasteiger partial charge is 0.488 e. The van der Waals surface area contributed by atoms with E-state index in [1.807, 2.05) is 31.2 Å². The molecule has 44 heavy (non-hydrogen) atoms. The van der Waals surface area contributed by atoms with E-state index < -0.39 is 18.1 Å². The molecule has 1 aliphatic heterocycles. The van der Waals surface area contributed by atoms with Crippen LogP contribution in [0.25, 0.3) is 11.1 Å². The van der Waals surface area contributed by atoms with Crippen LogP contribution in [-0.2, 0) is 24.6 Å². The number of fused-ring (bicyclic) bond motifs is 1. The number of benzene rings is 2. The fourth-order valence-electron chi connectivity index (χ4n) is 4.58. The highest BCUT2D eigenvalue weighted by atomic mass is 16.6. The van der Waals surface area contributed by atoms with Gasteiger partial charge in [0.15, 0.2) is 11.5 Å². The number of carboxylic acids is 1. The molecule has 0 spiro atoms. The van der Waals surface area contributed by atoms with E-state index in [9.17, 15) is 20.3 Å². The fourth-order valence-corrected chi connectivity index (χ4v) is 4.58. The average molecular weight is 597 g/mol. The highest BCUT2D eigenvalue weighted by Gasteiger charge is 2.32. The first kappa shape index (κ1) is 30.3. The maximum Gasteiger partial charge on any atom is 0.326 e. The number of carbonyl (C=O) groups is 1. The average Bonchev–Trinajstić information content (AvgIpc) is 3.06. The van der Waals surface area contributed by atoms with Gasteiger partial charge in [-0.1, -0.05) is 12.1 Å². The van der Waals surface area contributed by atoms with E-state index >= 15 is 0 Å². The van der Waals surface area contributed by atoms with Crippen molar-refractivity contribution < 1.29 is 34.0 Å². The lowest BCUT2D eigenvalue weighted by molar-refractivity contribution is -0.145. The van der Waals surface area contributed by atoms with Crippen LogP contribution in [0.2, 0.25) is 0 Å². The van der Waals surface area contributed by atoms with E-state index in [-0.39, 0.29) is 19.8 Å². The maximum absolute atomic E-state index is 11.7. The molecular weight excluding hydrogens is 564 g/mol. The molecule has 2 aromatic heterocycles. The Hall–Kier alpha value is -5.18. The van der Waals surface area contributed by atoms with E-state index in [1.165, 1.54) is 13.1 Å². The molecule has 3 N–H and O–H groups in total. The third kappa shape index (κ3) is 6.89. The summed E-state index contributed by atoms with van der Waals surface area (Å²) in [5, 5.41) is 31.3. The van der Waals surface area contributed by atoms with Crippen LogP contribution in [0.3, 0.4) is 0 Å². The summed E-state index contributed by atoms with van der Waals surface area (Å²) in [6, 6.07) is 16.8. The molecule has 3 heterocycles. The summed E-state index contributed by atoms with van der Waals surface area (Å²) in [5.74, 6) is 1.22. The first-order valence-corrected chi connectivity index (χ1v) is 14.0. The van der Waals surface area contributed by atoms with Gasteiger partial charge in [0.2, 0.25) is 0 Å². The molecule has 0 amide bonds. The number of aliphatic hydroxyl groups excluding tert-OH is 1.